The molecule has 0 saturated heterocycles. The molecule has 134 valence electrons. The number of benzene rings is 2. The van der Waals surface area contributed by atoms with Crippen LogP contribution in [-0.2, 0) is 4.79 Å². The Morgan fingerprint density at radius 3 is 2.48 bits per heavy atom. The highest BCUT2D eigenvalue weighted by atomic mass is 35.5. The Morgan fingerprint density at radius 1 is 1.16 bits per heavy atom. The summed E-state index contributed by atoms with van der Waals surface area (Å²) in [6.45, 7) is 4.81. The van der Waals surface area contributed by atoms with Gasteiger partial charge in [0.25, 0.3) is 0 Å². The third-order valence-corrected chi connectivity index (χ3v) is 4.09. The first-order valence-corrected chi connectivity index (χ1v) is 8.73. The Morgan fingerprint density at radius 2 is 1.88 bits per heavy atom. The first-order chi connectivity index (χ1) is 12.0. The van der Waals surface area contributed by atoms with Crippen LogP contribution in [0.3, 0.4) is 0 Å². The van der Waals surface area contributed by atoms with Crippen molar-refractivity contribution in [3.8, 4) is 11.5 Å². The number of anilines is 1. The fraction of sp³-hybridized carbons (Fsp3) is 0.350. The summed E-state index contributed by atoms with van der Waals surface area (Å²) in [5, 5.41) is 3.28. The van der Waals surface area contributed by atoms with Gasteiger partial charge in [0.15, 0.2) is 0 Å². The van der Waals surface area contributed by atoms with Crippen LogP contribution in [0.5, 0.6) is 11.5 Å². The lowest BCUT2D eigenvalue weighted by Crippen LogP contribution is -2.12. The predicted octanol–water partition coefficient (Wildman–Crippen LogP) is 5.27. The molecule has 0 aromatic heterocycles. The molecule has 4 nitrogen and oxygen atoms in total. The van der Waals surface area contributed by atoms with Gasteiger partial charge in [-0.1, -0.05) is 37.6 Å². The molecule has 0 atom stereocenters. The van der Waals surface area contributed by atoms with Gasteiger partial charge in [0.05, 0.1) is 18.7 Å². The van der Waals surface area contributed by atoms with E-state index in [1.165, 1.54) is 5.56 Å². The van der Waals surface area contributed by atoms with Crippen LogP contribution in [0, 0.1) is 0 Å². The number of rotatable bonds is 8. The standard InChI is InChI=1S/C20H24ClNO3/c1-14(2)15-6-9-17(10-7-15)25-12-4-5-20(23)22-16-8-11-19(24-3)18(21)13-16/h6-11,13-14H,4-5,12H2,1-3H3,(H,22,23). The molecule has 2 aromatic carbocycles. The molecule has 0 unspecified atom stereocenters. The van der Waals surface area contributed by atoms with E-state index in [0.29, 0.717) is 41.8 Å². The van der Waals surface area contributed by atoms with Crippen molar-refractivity contribution in [2.45, 2.75) is 32.6 Å². The lowest BCUT2D eigenvalue weighted by molar-refractivity contribution is -0.116. The number of methoxy groups -OCH3 is 1. The minimum absolute atomic E-state index is 0.0695. The van der Waals surface area contributed by atoms with Crippen molar-refractivity contribution >= 4 is 23.2 Å². The average Bonchev–Trinajstić information content (AvgIpc) is 2.59. The molecule has 0 aliphatic rings. The molecular formula is C20H24ClNO3. The minimum atomic E-state index is -0.0695. The van der Waals surface area contributed by atoms with Crippen LogP contribution in [0.2, 0.25) is 5.02 Å². The van der Waals surface area contributed by atoms with Crippen LogP contribution >= 0.6 is 11.6 Å². The van der Waals surface area contributed by atoms with Crippen molar-refractivity contribution in [3.63, 3.8) is 0 Å². The zero-order chi connectivity index (χ0) is 18.2. The van der Waals surface area contributed by atoms with E-state index in [-0.39, 0.29) is 5.91 Å². The molecule has 2 aromatic rings. The number of carbonyl (C=O) groups excluding carboxylic acids is 1. The van der Waals surface area contributed by atoms with Gasteiger partial charge in [-0.05, 0) is 48.2 Å². The van der Waals surface area contributed by atoms with Gasteiger partial charge < -0.3 is 14.8 Å². The van der Waals surface area contributed by atoms with Crippen molar-refractivity contribution in [2.24, 2.45) is 0 Å². The summed E-state index contributed by atoms with van der Waals surface area (Å²) in [4.78, 5) is 12.0. The number of amides is 1. The zero-order valence-electron chi connectivity index (χ0n) is 14.8. The van der Waals surface area contributed by atoms with E-state index in [0.717, 1.165) is 5.75 Å². The molecule has 25 heavy (non-hydrogen) atoms. The quantitative estimate of drug-likeness (QED) is 0.651. The van der Waals surface area contributed by atoms with Crippen LogP contribution in [0.4, 0.5) is 5.69 Å². The van der Waals surface area contributed by atoms with Crippen LogP contribution in [-0.4, -0.2) is 19.6 Å². The number of hydrogen-bond acceptors (Lipinski definition) is 3. The summed E-state index contributed by atoms with van der Waals surface area (Å²) in [5.74, 6) is 1.84. The summed E-state index contributed by atoms with van der Waals surface area (Å²) >= 11 is 6.04. The number of hydrogen-bond donors (Lipinski definition) is 1. The summed E-state index contributed by atoms with van der Waals surface area (Å²) in [7, 11) is 1.55. The molecule has 0 fully saturated rings. The maximum Gasteiger partial charge on any atom is 0.224 e. The second-order valence-electron chi connectivity index (χ2n) is 6.07. The summed E-state index contributed by atoms with van der Waals surface area (Å²) in [6.07, 6.45) is 1.02. The Labute approximate surface area is 154 Å². The van der Waals surface area contributed by atoms with Crippen molar-refractivity contribution in [2.75, 3.05) is 19.0 Å². The fourth-order valence-corrected chi connectivity index (χ4v) is 2.60. The van der Waals surface area contributed by atoms with Crippen LogP contribution in [0.1, 0.15) is 38.2 Å². The minimum Gasteiger partial charge on any atom is -0.495 e. The lowest BCUT2D eigenvalue weighted by Gasteiger charge is -2.10. The van der Waals surface area contributed by atoms with E-state index < -0.39 is 0 Å². The SMILES string of the molecule is COc1ccc(NC(=O)CCCOc2ccc(C(C)C)cc2)cc1Cl. The molecule has 0 saturated carbocycles. The van der Waals surface area contributed by atoms with Crippen LogP contribution < -0.4 is 14.8 Å². The molecule has 0 aliphatic carbocycles. The van der Waals surface area contributed by atoms with Gasteiger partial charge in [0.2, 0.25) is 5.91 Å². The van der Waals surface area contributed by atoms with Crippen molar-refractivity contribution in [1.29, 1.82) is 0 Å². The number of halogens is 1. The van der Waals surface area contributed by atoms with Gasteiger partial charge in [-0.2, -0.15) is 0 Å². The van der Waals surface area contributed by atoms with Crippen molar-refractivity contribution in [1.82, 2.24) is 0 Å². The summed E-state index contributed by atoms with van der Waals surface area (Å²) in [6, 6.07) is 13.2. The van der Waals surface area contributed by atoms with Gasteiger partial charge in [0.1, 0.15) is 11.5 Å². The Bertz CT molecular complexity index is 699. The summed E-state index contributed by atoms with van der Waals surface area (Å²) < 4.78 is 10.8. The zero-order valence-corrected chi connectivity index (χ0v) is 15.6. The summed E-state index contributed by atoms with van der Waals surface area (Å²) in [5.41, 5.74) is 1.94. The molecule has 1 amide bonds. The van der Waals surface area contributed by atoms with E-state index in [2.05, 4.69) is 31.3 Å². The molecule has 0 aliphatic heterocycles. The molecule has 5 heteroatoms. The largest absolute Gasteiger partial charge is 0.495 e. The Hall–Kier alpha value is -2.20. The highest BCUT2D eigenvalue weighted by molar-refractivity contribution is 6.32. The van der Waals surface area contributed by atoms with E-state index in [1.54, 1.807) is 25.3 Å². The van der Waals surface area contributed by atoms with Gasteiger partial charge >= 0.3 is 0 Å². The second-order valence-corrected chi connectivity index (χ2v) is 6.48. The molecule has 0 heterocycles. The Balaban J connectivity index is 1.72. The Kier molecular flexibility index (Phi) is 7.14. The number of carbonyl (C=O) groups is 1. The molecular weight excluding hydrogens is 338 g/mol. The molecule has 0 spiro atoms. The van der Waals surface area contributed by atoms with Gasteiger partial charge in [0, 0.05) is 12.1 Å². The van der Waals surface area contributed by atoms with Gasteiger partial charge in [-0.15, -0.1) is 0 Å². The highest BCUT2D eigenvalue weighted by Gasteiger charge is 2.06. The van der Waals surface area contributed by atoms with Crippen LogP contribution in [0.25, 0.3) is 0 Å². The molecule has 0 radical (unpaired) electrons. The molecule has 0 bridgehead atoms. The van der Waals surface area contributed by atoms with E-state index >= 15 is 0 Å². The predicted molar refractivity (Wildman–Crippen MR) is 102 cm³/mol. The maximum absolute atomic E-state index is 12.0. The van der Waals surface area contributed by atoms with Crippen molar-refractivity contribution in [3.05, 3.63) is 53.1 Å². The van der Waals surface area contributed by atoms with E-state index in [1.807, 2.05) is 12.1 Å². The smallest absolute Gasteiger partial charge is 0.224 e. The van der Waals surface area contributed by atoms with Gasteiger partial charge in [-0.3, -0.25) is 4.79 Å². The number of ether oxygens (including phenoxy) is 2. The highest BCUT2D eigenvalue weighted by Crippen LogP contribution is 2.27. The molecule has 1 N–H and O–H groups in total. The normalized spacial score (nSPS) is 10.6. The maximum atomic E-state index is 12.0. The monoisotopic (exact) mass is 361 g/mol. The van der Waals surface area contributed by atoms with Crippen molar-refractivity contribution < 1.29 is 14.3 Å². The molecule has 2 rings (SSSR count). The lowest BCUT2D eigenvalue weighted by atomic mass is 10.0. The second kappa shape index (κ2) is 9.33. The number of nitrogens with one attached hydrogen (secondary N) is 1. The van der Waals surface area contributed by atoms with E-state index in [4.69, 9.17) is 21.1 Å². The van der Waals surface area contributed by atoms with Crippen LogP contribution in [0.15, 0.2) is 42.5 Å². The third kappa shape index (κ3) is 5.98. The first-order valence-electron chi connectivity index (χ1n) is 8.35. The first kappa shape index (κ1) is 19.1. The topological polar surface area (TPSA) is 47.6 Å². The fourth-order valence-electron chi connectivity index (χ4n) is 2.34. The average molecular weight is 362 g/mol. The van der Waals surface area contributed by atoms with E-state index in [9.17, 15) is 4.79 Å². The van der Waals surface area contributed by atoms with Gasteiger partial charge in [-0.25, -0.2) is 0 Å². The third-order valence-electron chi connectivity index (χ3n) is 3.80.